The highest BCUT2D eigenvalue weighted by atomic mass is 79.9. The van der Waals surface area contributed by atoms with Gasteiger partial charge in [-0.05, 0) is 48.9 Å². The summed E-state index contributed by atoms with van der Waals surface area (Å²) in [7, 11) is 0. The summed E-state index contributed by atoms with van der Waals surface area (Å²) in [5, 5.41) is 0. The number of halogens is 2. The van der Waals surface area contributed by atoms with Crippen LogP contribution in [0.5, 0.6) is 0 Å². The van der Waals surface area contributed by atoms with Gasteiger partial charge in [0.05, 0.1) is 0 Å². The second kappa shape index (κ2) is 12.1. The highest BCUT2D eigenvalue weighted by Gasteiger charge is 2.05. The van der Waals surface area contributed by atoms with Crippen LogP contribution in [0.25, 0.3) is 6.08 Å². The first kappa shape index (κ1) is 22.7. The number of hydrogen-bond donors (Lipinski definition) is 0. The quantitative estimate of drug-likeness (QED) is 0.261. The highest BCUT2D eigenvalue weighted by molar-refractivity contribution is 9.10. The van der Waals surface area contributed by atoms with Crippen molar-refractivity contribution in [2.45, 2.75) is 6.92 Å². The van der Waals surface area contributed by atoms with Gasteiger partial charge in [-0.25, -0.2) is 0 Å². The molecule has 0 aromatic heterocycles. The standard InChI is InChI=1S/C15H11BrO.C10H9BrO/c16-14-9-5-4-8-13(14)15(17)11-10-12-6-2-1-3-7-12;1-2-5-10(12)8-6-3-4-7-9(8)11/h1-11H;2-7H,1H3/b11-10+;5-2+. The van der Waals surface area contributed by atoms with Crippen molar-refractivity contribution in [3.63, 3.8) is 0 Å². The molecule has 2 nitrogen and oxygen atoms in total. The van der Waals surface area contributed by atoms with Crippen molar-refractivity contribution in [2.75, 3.05) is 0 Å². The Kier molecular flexibility index (Phi) is 9.48. The maximum absolute atomic E-state index is 11.9. The maximum atomic E-state index is 11.9. The normalized spacial score (nSPS) is 10.6. The summed E-state index contributed by atoms with van der Waals surface area (Å²) < 4.78 is 1.66. The van der Waals surface area contributed by atoms with E-state index < -0.39 is 0 Å². The fourth-order valence-corrected chi connectivity index (χ4v) is 3.35. The van der Waals surface area contributed by atoms with E-state index in [1.807, 2.05) is 85.8 Å². The first-order chi connectivity index (χ1) is 14.0. The summed E-state index contributed by atoms with van der Waals surface area (Å²) in [6.45, 7) is 1.83. The molecule has 0 saturated heterocycles. The molecule has 0 aliphatic carbocycles. The zero-order valence-corrected chi connectivity index (χ0v) is 19.1. The van der Waals surface area contributed by atoms with Crippen LogP contribution < -0.4 is 0 Å². The summed E-state index contributed by atoms with van der Waals surface area (Å²) in [5.74, 6) is 0.0336. The minimum absolute atomic E-state index is 0.00123. The van der Waals surface area contributed by atoms with Crippen molar-refractivity contribution in [2.24, 2.45) is 0 Å². The average Bonchev–Trinajstić information content (AvgIpc) is 2.74. The van der Waals surface area contributed by atoms with Crippen LogP contribution >= 0.6 is 31.9 Å². The number of hydrogen-bond acceptors (Lipinski definition) is 2. The summed E-state index contributed by atoms with van der Waals surface area (Å²) >= 11 is 6.68. The third-order valence-electron chi connectivity index (χ3n) is 3.82. The van der Waals surface area contributed by atoms with Crippen molar-refractivity contribution in [1.29, 1.82) is 0 Å². The fourth-order valence-electron chi connectivity index (χ4n) is 2.39. The average molecular weight is 512 g/mol. The molecule has 0 heterocycles. The molecular weight excluding hydrogens is 492 g/mol. The lowest BCUT2D eigenvalue weighted by molar-refractivity contribution is 0.103. The van der Waals surface area contributed by atoms with Gasteiger partial charge in [-0.15, -0.1) is 0 Å². The Hall–Kier alpha value is -2.56. The minimum atomic E-state index is 0.00123. The van der Waals surface area contributed by atoms with Gasteiger partial charge in [0, 0.05) is 20.1 Å². The third kappa shape index (κ3) is 7.41. The Morgan fingerprint density at radius 2 is 1.10 bits per heavy atom. The van der Waals surface area contributed by atoms with Crippen LogP contribution in [0.3, 0.4) is 0 Å². The van der Waals surface area contributed by atoms with Crippen LogP contribution in [0, 0.1) is 0 Å². The Balaban J connectivity index is 0.000000221. The number of carbonyl (C=O) groups is 2. The highest BCUT2D eigenvalue weighted by Crippen LogP contribution is 2.17. The molecule has 0 radical (unpaired) electrons. The molecule has 0 aliphatic rings. The molecule has 0 amide bonds. The Bertz CT molecular complexity index is 1020. The van der Waals surface area contributed by atoms with Crippen molar-refractivity contribution in [1.82, 2.24) is 0 Å². The van der Waals surface area contributed by atoms with Crippen molar-refractivity contribution >= 4 is 49.5 Å². The van der Waals surface area contributed by atoms with Crippen LogP contribution in [-0.2, 0) is 0 Å². The second-order valence-electron chi connectivity index (χ2n) is 5.93. The number of ketones is 2. The molecule has 4 heteroatoms. The smallest absolute Gasteiger partial charge is 0.186 e. The molecule has 3 rings (SSSR count). The largest absolute Gasteiger partial charge is 0.289 e. The van der Waals surface area contributed by atoms with Gasteiger partial charge < -0.3 is 0 Å². The second-order valence-corrected chi connectivity index (χ2v) is 7.64. The molecule has 0 unspecified atom stereocenters. The number of rotatable bonds is 5. The molecule has 0 spiro atoms. The first-order valence-electron chi connectivity index (χ1n) is 8.96. The molecule has 29 heavy (non-hydrogen) atoms. The van der Waals surface area contributed by atoms with E-state index >= 15 is 0 Å². The Labute approximate surface area is 188 Å². The predicted molar refractivity (Wildman–Crippen MR) is 127 cm³/mol. The van der Waals surface area contributed by atoms with Crippen molar-refractivity contribution in [3.8, 4) is 0 Å². The van der Waals surface area contributed by atoms with Gasteiger partial charge in [0.1, 0.15) is 0 Å². The molecule has 146 valence electrons. The Morgan fingerprint density at radius 1 is 0.655 bits per heavy atom. The van der Waals surface area contributed by atoms with Gasteiger partial charge in [-0.1, -0.05) is 98.6 Å². The van der Waals surface area contributed by atoms with E-state index in [1.165, 1.54) is 0 Å². The van der Waals surface area contributed by atoms with E-state index in [2.05, 4.69) is 31.9 Å². The SMILES string of the molecule is C/C=C/C(=O)c1ccccc1Br.O=C(/C=C/c1ccccc1)c1ccccc1Br. The molecule has 0 atom stereocenters. The van der Waals surface area contributed by atoms with Crippen LogP contribution in [0.2, 0.25) is 0 Å². The van der Waals surface area contributed by atoms with Gasteiger partial charge in [0.15, 0.2) is 11.6 Å². The monoisotopic (exact) mass is 510 g/mol. The lowest BCUT2D eigenvalue weighted by atomic mass is 10.1. The maximum Gasteiger partial charge on any atom is 0.186 e. The number of allylic oxidation sites excluding steroid dienone is 3. The molecule has 3 aromatic rings. The first-order valence-corrected chi connectivity index (χ1v) is 10.5. The number of benzene rings is 3. The number of carbonyl (C=O) groups excluding carboxylic acids is 2. The summed E-state index contributed by atoms with van der Waals surface area (Å²) in [4.78, 5) is 23.3. The predicted octanol–water partition coefficient (Wildman–Crippen LogP) is 7.55. The van der Waals surface area contributed by atoms with Crippen LogP contribution in [0.15, 0.2) is 106 Å². The van der Waals surface area contributed by atoms with E-state index in [9.17, 15) is 9.59 Å². The zero-order valence-electron chi connectivity index (χ0n) is 15.9. The van der Waals surface area contributed by atoms with Crippen LogP contribution in [-0.4, -0.2) is 11.6 Å². The summed E-state index contributed by atoms with van der Waals surface area (Å²) in [6.07, 6.45) is 6.71. The molecule has 3 aromatic carbocycles. The van der Waals surface area contributed by atoms with Gasteiger partial charge in [-0.2, -0.15) is 0 Å². The van der Waals surface area contributed by atoms with E-state index in [-0.39, 0.29) is 11.6 Å². The zero-order chi connectivity index (χ0) is 21.1. The molecule has 0 aliphatic heterocycles. The minimum Gasteiger partial charge on any atom is -0.289 e. The molecule has 0 fully saturated rings. The van der Waals surface area contributed by atoms with Crippen LogP contribution in [0.1, 0.15) is 33.2 Å². The lowest BCUT2D eigenvalue weighted by Crippen LogP contribution is -1.94. The van der Waals surface area contributed by atoms with E-state index in [1.54, 1.807) is 24.3 Å². The summed E-state index contributed by atoms with van der Waals surface area (Å²) in [5.41, 5.74) is 2.41. The van der Waals surface area contributed by atoms with Gasteiger partial charge >= 0.3 is 0 Å². The van der Waals surface area contributed by atoms with Gasteiger partial charge in [0.25, 0.3) is 0 Å². The lowest BCUT2D eigenvalue weighted by Gasteiger charge is -1.98. The van der Waals surface area contributed by atoms with E-state index in [0.717, 1.165) is 14.5 Å². The van der Waals surface area contributed by atoms with Gasteiger partial charge in [-0.3, -0.25) is 9.59 Å². The summed E-state index contributed by atoms with van der Waals surface area (Å²) in [6, 6.07) is 24.6. The molecular formula is C25H20Br2O2. The Morgan fingerprint density at radius 3 is 1.59 bits per heavy atom. The molecule has 0 saturated carbocycles. The third-order valence-corrected chi connectivity index (χ3v) is 5.21. The van der Waals surface area contributed by atoms with Gasteiger partial charge in [0.2, 0.25) is 0 Å². The van der Waals surface area contributed by atoms with E-state index in [4.69, 9.17) is 0 Å². The van der Waals surface area contributed by atoms with Crippen molar-refractivity contribution in [3.05, 3.63) is 123 Å². The van der Waals surface area contributed by atoms with Crippen molar-refractivity contribution < 1.29 is 9.59 Å². The van der Waals surface area contributed by atoms with E-state index in [0.29, 0.717) is 11.1 Å². The molecule has 0 N–H and O–H groups in total. The van der Waals surface area contributed by atoms with Crippen LogP contribution in [0.4, 0.5) is 0 Å². The molecule has 0 bridgehead atoms. The topological polar surface area (TPSA) is 34.1 Å². The fraction of sp³-hybridized carbons (Fsp3) is 0.0400.